The van der Waals surface area contributed by atoms with Crippen LogP contribution in [0.3, 0.4) is 0 Å². The van der Waals surface area contributed by atoms with Gasteiger partial charge in [-0.05, 0) is 25.1 Å². The summed E-state index contributed by atoms with van der Waals surface area (Å²) in [4.78, 5) is 31.7. The molecule has 0 bridgehead atoms. The second-order valence-corrected chi connectivity index (χ2v) is 6.55. The van der Waals surface area contributed by atoms with E-state index in [0.29, 0.717) is 17.0 Å². The molecule has 0 amide bonds. The summed E-state index contributed by atoms with van der Waals surface area (Å²) in [6, 6.07) is 7.76. The molecule has 0 saturated carbocycles. The summed E-state index contributed by atoms with van der Waals surface area (Å²) in [5.41, 5.74) is 0.620. The predicted molar refractivity (Wildman–Crippen MR) is 96.3 cm³/mol. The Labute approximate surface area is 150 Å². The molecule has 0 unspecified atom stereocenters. The number of hydrogen-bond acceptors (Lipinski definition) is 7. The number of hydrogen-bond donors (Lipinski definition) is 0. The Hall–Kier alpha value is -3.33. The number of rotatable bonds is 4. The normalized spacial score (nSPS) is 11.1. The molecule has 0 spiro atoms. The third-order valence-electron chi connectivity index (χ3n) is 3.85. The summed E-state index contributed by atoms with van der Waals surface area (Å²) in [5.74, 6) is 1.48. The summed E-state index contributed by atoms with van der Waals surface area (Å²) in [5, 5.41) is 13.7. The summed E-state index contributed by atoms with van der Waals surface area (Å²) in [7, 11) is 0. The largest absolute Gasteiger partial charge is 0.459 e. The Morgan fingerprint density at radius 2 is 2.15 bits per heavy atom. The summed E-state index contributed by atoms with van der Waals surface area (Å²) in [6.45, 7) is 2.08. The van der Waals surface area contributed by atoms with E-state index in [1.807, 2.05) is 24.4 Å². The van der Waals surface area contributed by atoms with E-state index in [0.717, 1.165) is 10.8 Å². The van der Waals surface area contributed by atoms with Gasteiger partial charge in [-0.2, -0.15) is 0 Å². The van der Waals surface area contributed by atoms with Crippen molar-refractivity contribution in [3.63, 3.8) is 0 Å². The van der Waals surface area contributed by atoms with Gasteiger partial charge in [-0.1, -0.05) is 0 Å². The molecule has 3 heterocycles. The fourth-order valence-electron chi connectivity index (χ4n) is 2.59. The van der Waals surface area contributed by atoms with Gasteiger partial charge < -0.3 is 4.42 Å². The van der Waals surface area contributed by atoms with Crippen LogP contribution in [0.5, 0.6) is 0 Å². The monoisotopic (exact) mass is 368 g/mol. The van der Waals surface area contributed by atoms with Gasteiger partial charge in [0.05, 0.1) is 34.4 Å². The Bertz CT molecular complexity index is 1190. The molecule has 26 heavy (non-hydrogen) atoms. The minimum atomic E-state index is -0.533. The minimum Gasteiger partial charge on any atom is -0.459 e. The first-order valence-electron chi connectivity index (χ1n) is 7.66. The number of furan rings is 1. The average molecular weight is 368 g/mol. The van der Waals surface area contributed by atoms with E-state index in [1.54, 1.807) is 0 Å². The first-order valence-corrected chi connectivity index (χ1v) is 8.54. The number of nitro groups is 1. The van der Waals surface area contributed by atoms with Gasteiger partial charge in [-0.3, -0.25) is 19.5 Å². The summed E-state index contributed by atoms with van der Waals surface area (Å²) >= 11 is 1.42. The number of non-ortho nitro benzene ring substituents is 1. The smallest absolute Gasteiger partial charge is 0.270 e. The lowest BCUT2D eigenvalue weighted by atomic mass is 10.2. The van der Waals surface area contributed by atoms with Crippen LogP contribution in [0.2, 0.25) is 0 Å². The molecular formula is C17H12N4O4S. The molecule has 4 rings (SSSR count). The number of aromatic nitrogens is 3. The predicted octanol–water partition coefficient (Wildman–Crippen LogP) is 3.38. The molecule has 0 radical (unpaired) electrons. The van der Waals surface area contributed by atoms with E-state index in [1.165, 1.54) is 40.4 Å². The Kier molecular flexibility index (Phi) is 3.85. The molecule has 8 nitrogen and oxygen atoms in total. The van der Waals surface area contributed by atoms with Gasteiger partial charge in [0, 0.05) is 17.5 Å². The number of aryl methyl sites for hydroxylation is 1. The molecule has 0 saturated heterocycles. The molecule has 1 aromatic carbocycles. The number of benzene rings is 1. The van der Waals surface area contributed by atoms with Gasteiger partial charge in [-0.25, -0.2) is 9.97 Å². The van der Waals surface area contributed by atoms with E-state index < -0.39 is 4.92 Å². The molecular weight excluding hydrogens is 356 g/mol. The third-order valence-corrected chi connectivity index (χ3v) is 4.76. The molecule has 0 aliphatic carbocycles. The van der Waals surface area contributed by atoms with Gasteiger partial charge >= 0.3 is 0 Å². The molecule has 0 N–H and O–H groups in total. The van der Waals surface area contributed by atoms with Crippen molar-refractivity contribution in [2.45, 2.75) is 13.5 Å². The topological polar surface area (TPSA) is 104 Å². The van der Waals surface area contributed by atoms with Crippen molar-refractivity contribution in [2.24, 2.45) is 0 Å². The lowest BCUT2D eigenvalue weighted by Crippen LogP contribution is -2.21. The Morgan fingerprint density at radius 3 is 2.88 bits per heavy atom. The van der Waals surface area contributed by atoms with Gasteiger partial charge in [0.25, 0.3) is 11.2 Å². The average Bonchev–Trinajstić information content (AvgIpc) is 3.26. The highest BCUT2D eigenvalue weighted by atomic mass is 32.1. The Morgan fingerprint density at radius 1 is 1.31 bits per heavy atom. The molecule has 0 fully saturated rings. The molecule has 4 aromatic rings. The van der Waals surface area contributed by atoms with Crippen LogP contribution in [0.4, 0.5) is 5.69 Å². The quantitative estimate of drug-likeness (QED) is 0.404. The molecule has 0 aliphatic heterocycles. The van der Waals surface area contributed by atoms with Gasteiger partial charge in [0.1, 0.15) is 5.76 Å². The first-order chi connectivity index (χ1) is 12.5. The second-order valence-electron chi connectivity index (χ2n) is 5.69. The van der Waals surface area contributed by atoms with Crippen molar-refractivity contribution in [2.75, 3.05) is 0 Å². The van der Waals surface area contributed by atoms with E-state index in [4.69, 9.17) is 4.42 Å². The highest BCUT2D eigenvalue weighted by Gasteiger charge is 2.13. The van der Waals surface area contributed by atoms with Crippen molar-refractivity contribution in [3.05, 3.63) is 74.0 Å². The van der Waals surface area contributed by atoms with Crippen molar-refractivity contribution < 1.29 is 9.34 Å². The number of nitro benzene ring substituents is 1. The van der Waals surface area contributed by atoms with Crippen LogP contribution >= 0.6 is 11.3 Å². The van der Waals surface area contributed by atoms with Gasteiger partial charge in [0.15, 0.2) is 10.8 Å². The van der Waals surface area contributed by atoms with Crippen LogP contribution in [0, 0.1) is 17.0 Å². The fourth-order valence-corrected chi connectivity index (χ4v) is 3.36. The maximum absolute atomic E-state index is 12.6. The summed E-state index contributed by atoms with van der Waals surface area (Å²) < 4.78 is 6.94. The van der Waals surface area contributed by atoms with Crippen LogP contribution < -0.4 is 5.56 Å². The van der Waals surface area contributed by atoms with E-state index in [-0.39, 0.29) is 23.2 Å². The van der Waals surface area contributed by atoms with Crippen LogP contribution in [0.25, 0.3) is 21.7 Å². The third kappa shape index (κ3) is 2.88. The van der Waals surface area contributed by atoms with Crippen LogP contribution in [0.15, 0.2) is 51.3 Å². The lowest BCUT2D eigenvalue weighted by molar-refractivity contribution is -0.384. The van der Waals surface area contributed by atoms with E-state index in [2.05, 4.69) is 9.97 Å². The SMILES string of the molecule is Cc1ccc(-c2nc(Cn3cnc4ccc([N+](=O)[O-])cc4c3=O)cs2)o1. The van der Waals surface area contributed by atoms with Crippen LogP contribution in [-0.2, 0) is 6.54 Å². The van der Waals surface area contributed by atoms with E-state index >= 15 is 0 Å². The second kappa shape index (κ2) is 6.19. The molecule has 130 valence electrons. The van der Waals surface area contributed by atoms with Crippen molar-refractivity contribution in [3.8, 4) is 10.8 Å². The van der Waals surface area contributed by atoms with Crippen LogP contribution in [0.1, 0.15) is 11.5 Å². The van der Waals surface area contributed by atoms with Gasteiger partial charge in [-0.15, -0.1) is 11.3 Å². The molecule has 3 aromatic heterocycles. The highest BCUT2D eigenvalue weighted by Crippen LogP contribution is 2.25. The zero-order valence-electron chi connectivity index (χ0n) is 13.6. The van der Waals surface area contributed by atoms with Gasteiger partial charge in [0.2, 0.25) is 0 Å². The minimum absolute atomic E-state index is 0.140. The number of fused-ring (bicyclic) bond motifs is 1. The highest BCUT2D eigenvalue weighted by molar-refractivity contribution is 7.13. The van der Waals surface area contributed by atoms with Crippen molar-refractivity contribution >= 4 is 27.9 Å². The molecule has 0 atom stereocenters. The number of nitrogens with zero attached hydrogens (tertiary/aromatic N) is 4. The van der Waals surface area contributed by atoms with E-state index in [9.17, 15) is 14.9 Å². The maximum Gasteiger partial charge on any atom is 0.270 e. The van der Waals surface area contributed by atoms with Crippen LogP contribution in [-0.4, -0.2) is 19.5 Å². The van der Waals surface area contributed by atoms with Crippen molar-refractivity contribution in [1.29, 1.82) is 0 Å². The Balaban J connectivity index is 1.69. The molecule has 0 aliphatic rings. The summed E-state index contributed by atoms with van der Waals surface area (Å²) in [6.07, 6.45) is 1.42. The maximum atomic E-state index is 12.6. The standard InChI is InChI=1S/C17H12N4O4S/c1-10-2-5-15(25-10)16-19-11(8-26-16)7-20-9-18-14-4-3-12(21(23)24)6-13(14)17(20)22/h2-6,8-9H,7H2,1H3. The zero-order valence-corrected chi connectivity index (χ0v) is 14.4. The lowest BCUT2D eigenvalue weighted by Gasteiger charge is -2.04. The van der Waals surface area contributed by atoms with Crippen molar-refractivity contribution in [1.82, 2.24) is 14.5 Å². The molecule has 9 heteroatoms. The fraction of sp³-hybridized carbons (Fsp3) is 0.118. The number of thiazole rings is 1. The first kappa shape index (κ1) is 16.2. The zero-order chi connectivity index (χ0) is 18.3.